The highest BCUT2D eigenvalue weighted by Crippen LogP contribution is 2.01. The van der Waals surface area contributed by atoms with E-state index in [-0.39, 0.29) is 6.10 Å². The Morgan fingerprint density at radius 3 is 2.62 bits per heavy atom. The first-order valence-corrected chi connectivity index (χ1v) is 4.59. The lowest BCUT2D eigenvalue weighted by molar-refractivity contribution is 0.0801. The molecule has 0 saturated heterocycles. The maximum atomic E-state index is 8.97. The van der Waals surface area contributed by atoms with E-state index < -0.39 is 0 Å². The molecule has 0 aromatic heterocycles. The minimum atomic E-state index is -0.268. The van der Waals surface area contributed by atoms with Crippen LogP contribution in [0, 0.1) is 0 Å². The molecular formula is C11H16O2. The van der Waals surface area contributed by atoms with Crippen molar-refractivity contribution in [3.05, 3.63) is 35.9 Å². The second kappa shape index (κ2) is 5.73. The minimum absolute atomic E-state index is 0.268. The Hall–Kier alpha value is -0.860. The van der Waals surface area contributed by atoms with Gasteiger partial charge in [0.15, 0.2) is 0 Å². The minimum Gasteiger partial charge on any atom is -0.393 e. The van der Waals surface area contributed by atoms with E-state index in [0.717, 1.165) is 0 Å². The number of ether oxygens (including phenoxy) is 1. The molecule has 2 heteroatoms. The summed E-state index contributed by atoms with van der Waals surface area (Å²) in [6.45, 7) is 3.02. The first-order valence-electron chi connectivity index (χ1n) is 4.59. The fraction of sp³-hybridized carbons (Fsp3) is 0.455. The topological polar surface area (TPSA) is 29.5 Å². The standard InChI is InChI=1S/C11H16O2/c1-10(12)7-8-13-9-11-5-3-2-4-6-11/h2-6,10,12H,7-9H2,1H3/t10-/m1/s1. The summed E-state index contributed by atoms with van der Waals surface area (Å²) in [6.07, 6.45) is 0.433. The monoisotopic (exact) mass is 180 g/mol. The molecule has 0 aliphatic heterocycles. The second-order valence-corrected chi connectivity index (χ2v) is 3.18. The molecule has 0 bridgehead atoms. The van der Waals surface area contributed by atoms with Crippen molar-refractivity contribution in [2.75, 3.05) is 6.61 Å². The molecule has 13 heavy (non-hydrogen) atoms. The van der Waals surface area contributed by atoms with Gasteiger partial charge in [-0.25, -0.2) is 0 Å². The molecule has 0 unspecified atom stereocenters. The Labute approximate surface area is 79.2 Å². The van der Waals surface area contributed by atoms with Crippen molar-refractivity contribution in [3.63, 3.8) is 0 Å². The summed E-state index contributed by atoms with van der Waals surface area (Å²) >= 11 is 0. The summed E-state index contributed by atoms with van der Waals surface area (Å²) in [5, 5.41) is 8.97. The molecule has 1 aromatic rings. The van der Waals surface area contributed by atoms with Crippen molar-refractivity contribution in [1.82, 2.24) is 0 Å². The molecule has 72 valence electrons. The van der Waals surface area contributed by atoms with Crippen molar-refractivity contribution in [1.29, 1.82) is 0 Å². The number of hydrogen-bond donors (Lipinski definition) is 1. The van der Waals surface area contributed by atoms with Crippen molar-refractivity contribution < 1.29 is 9.84 Å². The van der Waals surface area contributed by atoms with E-state index >= 15 is 0 Å². The molecule has 0 spiro atoms. The van der Waals surface area contributed by atoms with Crippen molar-refractivity contribution in [3.8, 4) is 0 Å². The van der Waals surface area contributed by atoms with E-state index in [9.17, 15) is 0 Å². The van der Waals surface area contributed by atoms with E-state index in [0.29, 0.717) is 19.6 Å². The predicted octanol–water partition coefficient (Wildman–Crippen LogP) is 1.97. The third kappa shape index (κ3) is 4.65. The van der Waals surface area contributed by atoms with Crippen LogP contribution in [0.1, 0.15) is 18.9 Å². The number of rotatable bonds is 5. The van der Waals surface area contributed by atoms with Gasteiger partial charge in [0, 0.05) is 6.61 Å². The van der Waals surface area contributed by atoms with Crippen LogP contribution in [0.5, 0.6) is 0 Å². The molecule has 1 rings (SSSR count). The largest absolute Gasteiger partial charge is 0.393 e. The van der Waals surface area contributed by atoms with E-state index in [1.165, 1.54) is 5.56 Å². The fourth-order valence-corrected chi connectivity index (χ4v) is 1.02. The zero-order chi connectivity index (χ0) is 9.52. The van der Waals surface area contributed by atoms with Gasteiger partial charge in [0.1, 0.15) is 0 Å². The Balaban J connectivity index is 2.13. The SMILES string of the molecule is C[C@@H](O)CCOCc1ccccc1. The van der Waals surface area contributed by atoms with Crippen LogP contribution in [-0.2, 0) is 11.3 Å². The van der Waals surface area contributed by atoms with Crippen molar-refractivity contribution in [2.24, 2.45) is 0 Å². The summed E-state index contributed by atoms with van der Waals surface area (Å²) < 4.78 is 5.37. The van der Waals surface area contributed by atoms with Crippen molar-refractivity contribution >= 4 is 0 Å². The lowest BCUT2D eigenvalue weighted by Crippen LogP contribution is -2.05. The Bertz CT molecular complexity index is 219. The third-order valence-electron chi connectivity index (χ3n) is 1.79. The average Bonchev–Trinajstić information content (AvgIpc) is 2.14. The number of aliphatic hydroxyl groups excluding tert-OH is 1. The molecule has 0 radical (unpaired) electrons. The third-order valence-corrected chi connectivity index (χ3v) is 1.79. The molecule has 0 saturated carbocycles. The van der Waals surface area contributed by atoms with Gasteiger partial charge in [-0.3, -0.25) is 0 Å². The van der Waals surface area contributed by atoms with Gasteiger partial charge in [-0.1, -0.05) is 30.3 Å². The summed E-state index contributed by atoms with van der Waals surface area (Å²) in [6, 6.07) is 10.0. The zero-order valence-electron chi connectivity index (χ0n) is 7.94. The van der Waals surface area contributed by atoms with Crippen LogP contribution >= 0.6 is 0 Å². The van der Waals surface area contributed by atoms with Crippen LogP contribution in [0.2, 0.25) is 0 Å². The lowest BCUT2D eigenvalue weighted by atomic mass is 10.2. The van der Waals surface area contributed by atoms with Gasteiger partial charge < -0.3 is 9.84 Å². The molecule has 1 aromatic carbocycles. The van der Waals surface area contributed by atoms with Gasteiger partial charge in [0.05, 0.1) is 12.7 Å². The summed E-state index contributed by atoms with van der Waals surface area (Å²) in [4.78, 5) is 0. The Morgan fingerprint density at radius 2 is 2.00 bits per heavy atom. The molecule has 0 fully saturated rings. The average molecular weight is 180 g/mol. The van der Waals surface area contributed by atoms with E-state index in [1.54, 1.807) is 6.92 Å². The molecule has 1 N–H and O–H groups in total. The summed E-state index contributed by atoms with van der Waals surface area (Å²) in [5.41, 5.74) is 1.17. The first kappa shape index (κ1) is 10.2. The summed E-state index contributed by atoms with van der Waals surface area (Å²) in [5.74, 6) is 0. The smallest absolute Gasteiger partial charge is 0.0716 e. The quantitative estimate of drug-likeness (QED) is 0.702. The number of benzene rings is 1. The predicted molar refractivity (Wildman–Crippen MR) is 52.4 cm³/mol. The molecule has 1 atom stereocenters. The van der Waals surface area contributed by atoms with Crippen LogP contribution < -0.4 is 0 Å². The van der Waals surface area contributed by atoms with Crippen LogP contribution in [0.15, 0.2) is 30.3 Å². The van der Waals surface area contributed by atoms with Gasteiger partial charge >= 0.3 is 0 Å². The van der Waals surface area contributed by atoms with E-state index in [2.05, 4.69) is 0 Å². The maximum absolute atomic E-state index is 8.97. The van der Waals surface area contributed by atoms with E-state index in [1.807, 2.05) is 30.3 Å². The van der Waals surface area contributed by atoms with E-state index in [4.69, 9.17) is 9.84 Å². The maximum Gasteiger partial charge on any atom is 0.0716 e. The highest BCUT2D eigenvalue weighted by Gasteiger charge is 1.95. The lowest BCUT2D eigenvalue weighted by Gasteiger charge is -2.05. The van der Waals surface area contributed by atoms with Gasteiger partial charge in [-0.15, -0.1) is 0 Å². The van der Waals surface area contributed by atoms with Gasteiger partial charge in [-0.05, 0) is 18.9 Å². The van der Waals surface area contributed by atoms with Crippen molar-refractivity contribution in [2.45, 2.75) is 26.1 Å². The van der Waals surface area contributed by atoms with Gasteiger partial charge in [0.2, 0.25) is 0 Å². The molecule has 0 heterocycles. The first-order chi connectivity index (χ1) is 6.29. The Morgan fingerprint density at radius 1 is 1.31 bits per heavy atom. The molecular weight excluding hydrogens is 164 g/mol. The van der Waals surface area contributed by atoms with Crippen LogP contribution in [0.25, 0.3) is 0 Å². The number of hydrogen-bond acceptors (Lipinski definition) is 2. The Kier molecular flexibility index (Phi) is 4.50. The second-order valence-electron chi connectivity index (χ2n) is 3.18. The highest BCUT2D eigenvalue weighted by atomic mass is 16.5. The van der Waals surface area contributed by atoms with Gasteiger partial charge in [-0.2, -0.15) is 0 Å². The zero-order valence-corrected chi connectivity index (χ0v) is 7.94. The van der Waals surface area contributed by atoms with Crippen LogP contribution in [0.4, 0.5) is 0 Å². The van der Waals surface area contributed by atoms with Crippen LogP contribution in [0.3, 0.4) is 0 Å². The molecule has 2 nitrogen and oxygen atoms in total. The van der Waals surface area contributed by atoms with Crippen LogP contribution in [-0.4, -0.2) is 17.8 Å². The normalized spacial score (nSPS) is 12.8. The summed E-state index contributed by atoms with van der Waals surface area (Å²) in [7, 11) is 0. The molecule has 0 aliphatic rings. The fourth-order valence-electron chi connectivity index (χ4n) is 1.02. The molecule has 0 amide bonds. The molecule has 0 aliphatic carbocycles. The highest BCUT2D eigenvalue weighted by molar-refractivity contribution is 5.13. The van der Waals surface area contributed by atoms with Gasteiger partial charge in [0.25, 0.3) is 0 Å². The number of aliphatic hydroxyl groups is 1.